The lowest BCUT2D eigenvalue weighted by atomic mass is 10.0. The number of halogens is 5. The minimum Gasteiger partial charge on any atom is -0.506 e. The molecule has 3 heterocycles. The molecule has 0 bridgehead atoms. The maximum atomic E-state index is 14.1. The second-order valence-electron chi connectivity index (χ2n) is 9.96. The molecule has 1 aromatic heterocycles. The van der Waals surface area contributed by atoms with Gasteiger partial charge in [0, 0.05) is 36.5 Å². The lowest BCUT2D eigenvalue weighted by Gasteiger charge is -2.33. The molecule has 0 radical (unpaired) electrons. The molecule has 224 valence electrons. The molecule has 0 spiro atoms. The summed E-state index contributed by atoms with van der Waals surface area (Å²) in [6.07, 6.45) is 0.480. The Bertz CT molecular complexity index is 1720. The third kappa shape index (κ3) is 5.87. The molecule has 2 aromatic carbocycles. The van der Waals surface area contributed by atoms with E-state index >= 15 is 0 Å². The van der Waals surface area contributed by atoms with Crippen LogP contribution in [0, 0.1) is 11.3 Å². The number of phenolic OH excluding ortho intramolecular Hbond substituents is 1. The number of nitrogens with zero attached hydrogens (tertiary/aromatic N) is 4. The number of anilines is 1. The second kappa shape index (κ2) is 11.9. The monoisotopic (exact) mass is 667 g/mol. The number of amides is 3. The van der Waals surface area contributed by atoms with Crippen molar-refractivity contribution in [1.29, 1.82) is 5.26 Å². The number of nitrogens with one attached hydrogen (secondary N) is 1. The fourth-order valence-corrected chi connectivity index (χ4v) is 6.91. The summed E-state index contributed by atoms with van der Waals surface area (Å²) < 4.78 is 28.2. The number of carbonyl (C=O) groups excluding carboxylic acids is 2. The molecule has 5 rings (SSSR count). The van der Waals surface area contributed by atoms with E-state index in [-0.39, 0.29) is 50.3 Å². The van der Waals surface area contributed by atoms with Crippen molar-refractivity contribution in [2.24, 2.45) is 0 Å². The summed E-state index contributed by atoms with van der Waals surface area (Å²) >= 11 is 18.5. The summed E-state index contributed by atoms with van der Waals surface area (Å²) in [5.74, 6) is -1.07. The van der Waals surface area contributed by atoms with E-state index in [9.17, 15) is 33.5 Å². The summed E-state index contributed by atoms with van der Waals surface area (Å²) in [6.45, 7) is 0.851. The quantitative estimate of drug-likeness (QED) is 0.282. The van der Waals surface area contributed by atoms with E-state index in [0.29, 0.717) is 30.6 Å². The standard InChI is InChI=1S/C28H22Cl3F2N5O4S/c1-36-8-3-9-37(27(36)42)19-10-14-13-38(18(6-7-34)15(14)11-20(19)39)26(41)23-21(12-22(28(31,32)33)35-25(23)40)43-24-16(29)4-2-5-17(24)30/h2,4-5,10-12,18,39H,3,6,8-9,13H2,1H3,(H,35,40). The summed E-state index contributed by atoms with van der Waals surface area (Å²) in [6, 6.07) is 9.30. The summed E-state index contributed by atoms with van der Waals surface area (Å²) in [5, 5.41) is 16.9. The van der Waals surface area contributed by atoms with Gasteiger partial charge >= 0.3 is 11.4 Å². The smallest absolute Gasteiger partial charge is 0.362 e. The normalized spacial score (nSPS) is 16.8. The molecule has 1 atom stereocenters. The number of alkyl halides is 3. The van der Waals surface area contributed by atoms with Gasteiger partial charge in [-0.2, -0.15) is 14.0 Å². The molecule has 1 fully saturated rings. The number of aromatic nitrogens is 1. The van der Waals surface area contributed by atoms with Gasteiger partial charge in [-0.15, -0.1) is 0 Å². The van der Waals surface area contributed by atoms with Crippen LogP contribution in [0.1, 0.15) is 46.1 Å². The Labute approximate surface area is 263 Å². The molecule has 43 heavy (non-hydrogen) atoms. The number of hydrogen-bond acceptors (Lipinski definition) is 6. The van der Waals surface area contributed by atoms with Gasteiger partial charge in [-0.05, 0) is 59.5 Å². The van der Waals surface area contributed by atoms with Crippen LogP contribution >= 0.6 is 46.6 Å². The molecule has 1 saturated heterocycles. The molecule has 9 nitrogen and oxygen atoms in total. The highest BCUT2D eigenvalue weighted by Crippen LogP contribution is 2.45. The Morgan fingerprint density at radius 1 is 1.21 bits per heavy atom. The molecule has 15 heteroatoms. The molecule has 2 N–H and O–H groups in total. The third-order valence-corrected chi connectivity index (χ3v) is 9.47. The zero-order chi connectivity index (χ0) is 31.2. The Balaban J connectivity index is 1.59. The minimum absolute atomic E-state index is 0.0878. The van der Waals surface area contributed by atoms with Gasteiger partial charge < -0.3 is 19.9 Å². The van der Waals surface area contributed by atoms with Crippen molar-refractivity contribution in [3.8, 4) is 11.8 Å². The molecule has 0 saturated carbocycles. The van der Waals surface area contributed by atoms with Crippen molar-refractivity contribution < 1.29 is 23.5 Å². The Morgan fingerprint density at radius 2 is 1.91 bits per heavy atom. The number of benzene rings is 2. The SMILES string of the molecule is CN1CCCN(c2cc3c(cc2O)C(CC#N)N(C(=O)c2c(Sc4c(Cl)cccc4Cl)cc(C(F)(F)Cl)[nH]c2=O)C3)C1=O. The predicted molar refractivity (Wildman–Crippen MR) is 158 cm³/mol. The number of aromatic amines is 1. The van der Waals surface area contributed by atoms with Crippen molar-refractivity contribution in [1.82, 2.24) is 14.8 Å². The maximum absolute atomic E-state index is 14.1. The number of phenols is 1. The average Bonchev–Trinajstić information content (AvgIpc) is 3.28. The van der Waals surface area contributed by atoms with Gasteiger partial charge in [0.1, 0.15) is 17.0 Å². The molecule has 3 aromatic rings. The highest BCUT2D eigenvalue weighted by Gasteiger charge is 2.39. The number of nitriles is 1. The highest BCUT2D eigenvalue weighted by molar-refractivity contribution is 7.99. The average molecular weight is 669 g/mol. The lowest BCUT2D eigenvalue weighted by molar-refractivity contribution is 0.0684. The first kappa shape index (κ1) is 30.9. The van der Waals surface area contributed by atoms with Crippen LogP contribution in [-0.2, 0) is 11.9 Å². The molecular formula is C28H22Cl3F2N5O4S. The molecule has 2 aliphatic heterocycles. The Kier molecular flexibility index (Phi) is 8.55. The summed E-state index contributed by atoms with van der Waals surface area (Å²) in [7, 11) is 1.65. The first-order valence-corrected chi connectivity index (χ1v) is 14.8. The molecule has 3 amide bonds. The van der Waals surface area contributed by atoms with Crippen LogP contribution in [0.5, 0.6) is 5.75 Å². The first-order valence-electron chi connectivity index (χ1n) is 12.8. The third-order valence-electron chi connectivity index (χ3n) is 7.23. The van der Waals surface area contributed by atoms with E-state index < -0.39 is 34.1 Å². The molecular weight excluding hydrogens is 647 g/mol. The Morgan fingerprint density at radius 3 is 2.56 bits per heavy atom. The van der Waals surface area contributed by atoms with Gasteiger partial charge in [-0.1, -0.05) is 41.0 Å². The molecule has 2 aliphatic rings. The largest absolute Gasteiger partial charge is 0.506 e. The van der Waals surface area contributed by atoms with Crippen LogP contribution in [0.15, 0.2) is 51.0 Å². The number of hydrogen-bond donors (Lipinski definition) is 2. The van der Waals surface area contributed by atoms with Gasteiger partial charge in [0.25, 0.3) is 11.5 Å². The summed E-state index contributed by atoms with van der Waals surface area (Å²) in [4.78, 5) is 46.4. The fourth-order valence-electron chi connectivity index (χ4n) is 5.17. The van der Waals surface area contributed by atoms with E-state index in [2.05, 4.69) is 0 Å². The van der Waals surface area contributed by atoms with Crippen molar-refractivity contribution in [3.63, 3.8) is 0 Å². The number of fused-ring (bicyclic) bond motifs is 1. The van der Waals surface area contributed by atoms with Crippen molar-refractivity contribution >= 4 is 64.2 Å². The zero-order valence-electron chi connectivity index (χ0n) is 22.3. The highest BCUT2D eigenvalue weighted by atomic mass is 35.5. The van der Waals surface area contributed by atoms with Gasteiger partial charge in [0.05, 0.1) is 34.3 Å². The van der Waals surface area contributed by atoms with Gasteiger partial charge in [0.15, 0.2) is 0 Å². The second-order valence-corrected chi connectivity index (χ2v) is 12.3. The lowest BCUT2D eigenvalue weighted by Crippen LogP contribution is -2.47. The number of H-pyrrole nitrogens is 1. The van der Waals surface area contributed by atoms with Crippen LogP contribution in [0.2, 0.25) is 10.0 Å². The molecule has 1 unspecified atom stereocenters. The van der Waals surface area contributed by atoms with Crippen LogP contribution in [0.3, 0.4) is 0 Å². The van der Waals surface area contributed by atoms with Crippen LogP contribution in [0.25, 0.3) is 0 Å². The van der Waals surface area contributed by atoms with Gasteiger partial charge in [0.2, 0.25) is 0 Å². The molecule has 0 aliphatic carbocycles. The fraction of sp³-hybridized carbons (Fsp3) is 0.286. The van der Waals surface area contributed by atoms with Crippen LogP contribution in [0.4, 0.5) is 19.3 Å². The van der Waals surface area contributed by atoms with E-state index in [1.54, 1.807) is 19.2 Å². The van der Waals surface area contributed by atoms with E-state index in [1.807, 2.05) is 11.1 Å². The first-order chi connectivity index (χ1) is 20.3. The van der Waals surface area contributed by atoms with Crippen molar-refractivity contribution in [3.05, 3.63) is 79.2 Å². The predicted octanol–water partition coefficient (Wildman–Crippen LogP) is 6.70. The Hall–Kier alpha value is -3.50. The number of pyridine rings is 1. The van der Waals surface area contributed by atoms with Crippen LogP contribution < -0.4 is 10.5 Å². The number of aromatic hydroxyl groups is 1. The van der Waals surface area contributed by atoms with Gasteiger partial charge in [-0.25, -0.2) is 4.79 Å². The zero-order valence-corrected chi connectivity index (χ0v) is 25.4. The minimum atomic E-state index is -3.96. The van der Waals surface area contributed by atoms with Crippen LogP contribution in [-0.4, -0.2) is 52.0 Å². The summed E-state index contributed by atoms with van der Waals surface area (Å²) in [5.41, 5.74) is -1.31. The van der Waals surface area contributed by atoms with E-state index in [1.165, 1.54) is 32.9 Å². The topological polar surface area (TPSA) is 121 Å². The van der Waals surface area contributed by atoms with Crippen molar-refractivity contribution in [2.75, 3.05) is 25.0 Å². The van der Waals surface area contributed by atoms with Gasteiger partial charge in [-0.3, -0.25) is 14.5 Å². The maximum Gasteiger partial charge on any atom is 0.362 e. The van der Waals surface area contributed by atoms with Crippen molar-refractivity contribution in [2.45, 2.75) is 40.6 Å². The number of urea groups is 1. The van der Waals surface area contributed by atoms with E-state index in [0.717, 1.165) is 17.8 Å². The van der Waals surface area contributed by atoms with E-state index in [4.69, 9.17) is 34.8 Å². The number of carbonyl (C=O) groups is 2. The number of rotatable bonds is 6.